The molecule has 5 nitrogen and oxygen atoms in total. The van der Waals surface area contributed by atoms with Crippen molar-refractivity contribution in [2.24, 2.45) is 5.92 Å². The second-order valence-corrected chi connectivity index (χ2v) is 5.58. The van der Waals surface area contributed by atoms with Crippen LogP contribution in [0.4, 0.5) is 0 Å². The van der Waals surface area contributed by atoms with Crippen LogP contribution >= 0.6 is 0 Å². The Kier molecular flexibility index (Phi) is 3.64. The zero-order chi connectivity index (χ0) is 14.8. The molecule has 0 saturated heterocycles. The Morgan fingerprint density at radius 2 is 2.10 bits per heavy atom. The van der Waals surface area contributed by atoms with Crippen LogP contribution in [-0.4, -0.2) is 28.0 Å². The number of rotatable bonds is 6. The zero-order valence-electron chi connectivity index (χ0n) is 11.6. The van der Waals surface area contributed by atoms with Gasteiger partial charge in [-0.1, -0.05) is 18.2 Å². The van der Waals surface area contributed by atoms with Gasteiger partial charge in [0.1, 0.15) is 6.04 Å². The summed E-state index contributed by atoms with van der Waals surface area (Å²) in [4.78, 5) is 26.2. The van der Waals surface area contributed by atoms with Gasteiger partial charge in [-0.2, -0.15) is 0 Å². The second-order valence-electron chi connectivity index (χ2n) is 5.58. The zero-order valence-corrected chi connectivity index (χ0v) is 11.6. The predicted molar refractivity (Wildman–Crippen MR) is 78.9 cm³/mol. The Morgan fingerprint density at radius 3 is 2.81 bits per heavy atom. The van der Waals surface area contributed by atoms with Crippen LogP contribution in [0.3, 0.4) is 0 Å². The molecule has 1 aliphatic carbocycles. The molecule has 2 aromatic rings. The maximum absolute atomic E-state index is 11.9. The van der Waals surface area contributed by atoms with E-state index in [2.05, 4.69) is 10.3 Å². The molecule has 1 amide bonds. The van der Waals surface area contributed by atoms with E-state index in [1.165, 1.54) is 0 Å². The van der Waals surface area contributed by atoms with Gasteiger partial charge in [0.2, 0.25) is 5.91 Å². The molecule has 1 saturated carbocycles. The molecule has 1 aliphatic rings. The number of aromatic nitrogens is 1. The van der Waals surface area contributed by atoms with Crippen LogP contribution < -0.4 is 5.32 Å². The molecule has 1 atom stereocenters. The highest BCUT2D eigenvalue weighted by molar-refractivity contribution is 5.86. The van der Waals surface area contributed by atoms with E-state index in [4.69, 9.17) is 5.11 Å². The van der Waals surface area contributed by atoms with Gasteiger partial charge in [0.15, 0.2) is 0 Å². The number of aromatic amines is 1. The number of carbonyl (C=O) groups excluding carboxylic acids is 1. The summed E-state index contributed by atoms with van der Waals surface area (Å²) in [6.07, 6.45) is 4.60. The summed E-state index contributed by atoms with van der Waals surface area (Å²) in [5.74, 6) is -1.02. The quantitative estimate of drug-likeness (QED) is 0.760. The van der Waals surface area contributed by atoms with E-state index in [1.807, 2.05) is 30.5 Å². The van der Waals surface area contributed by atoms with Crippen molar-refractivity contribution >= 4 is 22.8 Å². The van der Waals surface area contributed by atoms with Gasteiger partial charge in [0, 0.05) is 23.5 Å². The van der Waals surface area contributed by atoms with Gasteiger partial charge < -0.3 is 15.4 Å². The van der Waals surface area contributed by atoms with Gasteiger partial charge in [0.25, 0.3) is 0 Å². The Labute approximate surface area is 122 Å². The van der Waals surface area contributed by atoms with Crippen molar-refractivity contribution in [3.05, 3.63) is 36.0 Å². The molecule has 3 rings (SSSR count). The second kappa shape index (κ2) is 5.60. The minimum Gasteiger partial charge on any atom is -0.480 e. The molecule has 1 unspecified atom stereocenters. The number of carboxylic acids is 1. The molecular weight excluding hydrogens is 268 g/mol. The van der Waals surface area contributed by atoms with E-state index >= 15 is 0 Å². The molecule has 1 heterocycles. The summed E-state index contributed by atoms with van der Waals surface area (Å²) in [5.41, 5.74) is 2.13. The average Bonchev–Trinajstić information content (AvgIpc) is 3.22. The summed E-state index contributed by atoms with van der Waals surface area (Å²) < 4.78 is 0. The largest absolute Gasteiger partial charge is 0.480 e. The third-order valence-electron chi connectivity index (χ3n) is 3.97. The van der Waals surface area contributed by atoms with E-state index in [0.29, 0.717) is 12.8 Å². The van der Waals surface area contributed by atoms with Gasteiger partial charge in [-0.05, 0) is 36.8 Å². The van der Waals surface area contributed by atoms with Crippen LogP contribution in [0.1, 0.15) is 24.8 Å². The van der Waals surface area contributed by atoms with E-state index in [0.717, 1.165) is 29.3 Å². The molecule has 0 aliphatic heterocycles. The smallest absolute Gasteiger partial charge is 0.326 e. The molecule has 1 aromatic heterocycles. The van der Waals surface area contributed by atoms with Crippen molar-refractivity contribution in [3.8, 4) is 0 Å². The maximum Gasteiger partial charge on any atom is 0.326 e. The van der Waals surface area contributed by atoms with E-state index in [-0.39, 0.29) is 11.8 Å². The SMILES string of the molecule is O=C(CCc1c[nH]c2ccccc12)NC(C(=O)O)C1CC1. The first kappa shape index (κ1) is 13.7. The number of amides is 1. The van der Waals surface area contributed by atoms with Crippen LogP contribution in [0.5, 0.6) is 0 Å². The molecule has 0 radical (unpaired) electrons. The van der Waals surface area contributed by atoms with Gasteiger partial charge in [0.05, 0.1) is 0 Å². The molecule has 110 valence electrons. The van der Waals surface area contributed by atoms with Gasteiger partial charge in [-0.25, -0.2) is 4.79 Å². The van der Waals surface area contributed by atoms with Crippen molar-refractivity contribution in [2.45, 2.75) is 31.7 Å². The van der Waals surface area contributed by atoms with E-state index in [1.54, 1.807) is 0 Å². The van der Waals surface area contributed by atoms with Crippen LogP contribution in [0.15, 0.2) is 30.5 Å². The van der Waals surface area contributed by atoms with Gasteiger partial charge in [-0.3, -0.25) is 4.79 Å². The lowest BCUT2D eigenvalue weighted by molar-refractivity contribution is -0.142. The lowest BCUT2D eigenvalue weighted by atomic mass is 10.1. The first-order chi connectivity index (χ1) is 10.1. The maximum atomic E-state index is 11.9. The number of nitrogens with one attached hydrogen (secondary N) is 2. The van der Waals surface area contributed by atoms with Crippen molar-refractivity contribution in [1.82, 2.24) is 10.3 Å². The number of benzene rings is 1. The number of carboxylic acid groups (broad SMARTS) is 1. The fraction of sp³-hybridized carbons (Fsp3) is 0.375. The highest BCUT2D eigenvalue weighted by Crippen LogP contribution is 2.32. The molecule has 5 heteroatoms. The Hall–Kier alpha value is -2.30. The minimum absolute atomic E-state index is 0.111. The predicted octanol–water partition coefficient (Wildman–Crippen LogP) is 2.08. The Bertz CT molecular complexity index is 673. The number of aryl methyl sites for hydroxylation is 1. The fourth-order valence-corrected chi connectivity index (χ4v) is 2.64. The summed E-state index contributed by atoms with van der Waals surface area (Å²) >= 11 is 0. The van der Waals surface area contributed by atoms with Gasteiger partial charge >= 0.3 is 5.97 Å². The fourth-order valence-electron chi connectivity index (χ4n) is 2.64. The Morgan fingerprint density at radius 1 is 1.33 bits per heavy atom. The number of hydrogen-bond acceptors (Lipinski definition) is 2. The van der Waals surface area contributed by atoms with E-state index in [9.17, 15) is 9.59 Å². The van der Waals surface area contributed by atoms with Crippen molar-refractivity contribution < 1.29 is 14.7 Å². The monoisotopic (exact) mass is 286 g/mol. The third kappa shape index (κ3) is 3.07. The molecule has 3 N–H and O–H groups in total. The topological polar surface area (TPSA) is 82.2 Å². The standard InChI is InChI=1S/C16H18N2O3/c19-14(18-15(16(20)21)10-5-6-10)8-7-11-9-17-13-4-2-1-3-12(11)13/h1-4,9-10,15,17H,5-8H2,(H,18,19)(H,20,21). The lowest BCUT2D eigenvalue weighted by Crippen LogP contribution is -2.42. The van der Waals surface area contributed by atoms with Crippen molar-refractivity contribution in [1.29, 1.82) is 0 Å². The summed E-state index contributed by atoms with van der Waals surface area (Å²) in [5, 5.41) is 12.9. The number of H-pyrrole nitrogens is 1. The molecular formula is C16H18N2O3. The number of aliphatic carboxylic acids is 1. The van der Waals surface area contributed by atoms with Crippen LogP contribution in [-0.2, 0) is 16.0 Å². The number of hydrogen-bond donors (Lipinski definition) is 3. The first-order valence-corrected chi connectivity index (χ1v) is 7.22. The first-order valence-electron chi connectivity index (χ1n) is 7.22. The summed E-state index contributed by atoms with van der Waals surface area (Å²) in [7, 11) is 0. The normalized spacial score (nSPS) is 15.8. The highest BCUT2D eigenvalue weighted by atomic mass is 16.4. The third-order valence-corrected chi connectivity index (χ3v) is 3.97. The number of fused-ring (bicyclic) bond motifs is 1. The summed E-state index contributed by atoms with van der Waals surface area (Å²) in [6, 6.07) is 7.21. The Balaban J connectivity index is 1.59. The average molecular weight is 286 g/mol. The summed E-state index contributed by atoms with van der Waals surface area (Å²) in [6.45, 7) is 0. The lowest BCUT2D eigenvalue weighted by Gasteiger charge is -2.13. The number of carbonyl (C=O) groups is 2. The van der Waals surface area contributed by atoms with E-state index < -0.39 is 12.0 Å². The van der Waals surface area contributed by atoms with Crippen LogP contribution in [0.25, 0.3) is 10.9 Å². The van der Waals surface area contributed by atoms with Crippen LogP contribution in [0.2, 0.25) is 0 Å². The molecule has 0 spiro atoms. The van der Waals surface area contributed by atoms with Crippen molar-refractivity contribution in [2.75, 3.05) is 0 Å². The molecule has 1 fully saturated rings. The van der Waals surface area contributed by atoms with Crippen molar-refractivity contribution in [3.63, 3.8) is 0 Å². The van der Waals surface area contributed by atoms with Crippen LogP contribution in [0, 0.1) is 5.92 Å². The molecule has 21 heavy (non-hydrogen) atoms. The molecule has 0 bridgehead atoms. The molecule has 1 aromatic carbocycles. The minimum atomic E-state index is -0.932. The number of para-hydroxylation sites is 1. The van der Waals surface area contributed by atoms with Gasteiger partial charge in [-0.15, -0.1) is 0 Å². The highest BCUT2D eigenvalue weighted by Gasteiger charge is 2.37.